The molecule has 0 aliphatic rings. The van der Waals surface area contributed by atoms with E-state index in [1.165, 1.54) is 6.92 Å². The summed E-state index contributed by atoms with van der Waals surface area (Å²) in [7, 11) is -1.24. The standard InChI is InChI=1S/C12H16O3S/c1-9-3-5-12(6-4-9)16(15)8-11(14)7-10(2)13/h3-6,11,14H,7-8H2,1-2H3/t11-,16+/m0/s1. The zero-order chi connectivity index (χ0) is 12.1. The van der Waals surface area contributed by atoms with Gasteiger partial charge in [-0.3, -0.25) is 9.00 Å². The van der Waals surface area contributed by atoms with Crippen LogP contribution in [0.5, 0.6) is 0 Å². The molecule has 0 aliphatic heterocycles. The molecule has 2 atom stereocenters. The number of ketones is 1. The van der Waals surface area contributed by atoms with E-state index in [-0.39, 0.29) is 18.0 Å². The van der Waals surface area contributed by atoms with Gasteiger partial charge in [-0.25, -0.2) is 0 Å². The summed E-state index contributed by atoms with van der Waals surface area (Å²) in [6, 6.07) is 7.33. The summed E-state index contributed by atoms with van der Waals surface area (Å²) in [4.78, 5) is 11.4. The van der Waals surface area contributed by atoms with Crippen LogP contribution in [0.3, 0.4) is 0 Å². The van der Waals surface area contributed by atoms with Gasteiger partial charge in [0.2, 0.25) is 0 Å². The number of benzene rings is 1. The Morgan fingerprint density at radius 1 is 1.38 bits per heavy atom. The van der Waals surface area contributed by atoms with Crippen LogP contribution in [0.4, 0.5) is 0 Å². The van der Waals surface area contributed by atoms with E-state index in [1.807, 2.05) is 19.1 Å². The zero-order valence-corrected chi connectivity index (χ0v) is 10.3. The minimum absolute atomic E-state index is 0.0671. The van der Waals surface area contributed by atoms with Gasteiger partial charge in [0.1, 0.15) is 5.78 Å². The quantitative estimate of drug-likeness (QED) is 0.847. The van der Waals surface area contributed by atoms with Crippen molar-refractivity contribution in [2.24, 2.45) is 0 Å². The second-order valence-corrected chi connectivity index (χ2v) is 5.38. The molecular weight excluding hydrogens is 224 g/mol. The topological polar surface area (TPSA) is 54.4 Å². The van der Waals surface area contributed by atoms with Gasteiger partial charge in [0.15, 0.2) is 0 Å². The van der Waals surface area contributed by atoms with Gasteiger partial charge < -0.3 is 5.11 Å². The van der Waals surface area contributed by atoms with Crippen molar-refractivity contribution in [3.63, 3.8) is 0 Å². The lowest BCUT2D eigenvalue weighted by atomic mass is 10.2. The monoisotopic (exact) mass is 240 g/mol. The van der Waals surface area contributed by atoms with Crippen molar-refractivity contribution in [1.82, 2.24) is 0 Å². The fraction of sp³-hybridized carbons (Fsp3) is 0.417. The maximum Gasteiger partial charge on any atom is 0.132 e. The summed E-state index contributed by atoms with van der Waals surface area (Å²) in [6.07, 6.45) is -0.753. The van der Waals surface area contributed by atoms with E-state index >= 15 is 0 Å². The molecular formula is C12H16O3S. The van der Waals surface area contributed by atoms with Gasteiger partial charge in [0, 0.05) is 11.3 Å². The fourth-order valence-electron chi connectivity index (χ4n) is 1.35. The number of aliphatic hydroxyl groups excluding tert-OH is 1. The molecule has 0 saturated heterocycles. The van der Waals surface area contributed by atoms with Crippen LogP contribution < -0.4 is 0 Å². The van der Waals surface area contributed by atoms with Crippen LogP contribution in [0.25, 0.3) is 0 Å². The zero-order valence-electron chi connectivity index (χ0n) is 9.47. The molecule has 16 heavy (non-hydrogen) atoms. The van der Waals surface area contributed by atoms with E-state index in [0.29, 0.717) is 4.90 Å². The number of rotatable bonds is 5. The van der Waals surface area contributed by atoms with Gasteiger partial charge in [0.25, 0.3) is 0 Å². The van der Waals surface area contributed by atoms with E-state index in [1.54, 1.807) is 12.1 Å². The van der Waals surface area contributed by atoms with Gasteiger partial charge >= 0.3 is 0 Å². The lowest BCUT2D eigenvalue weighted by Crippen LogP contribution is -2.19. The third-order valence-corrected chi connectivity index (χ3v) is 3.64. The van der Waals surface area contributed by atoms with E-state index in [2.05, 4.69) is 0 Å². The number of Topliss-reactive ketones (excluding diaryl/α,β-unsaturated/α-hetero) is 1. The summed E-state index contributed by atoms with van der Waals surface area (Å²) in [5.41, 5.74) is 1.10. The maximum absolute atomic E-state index is 11.8. The number of aliphatic hydroxyl groups is 1. The van der Waals surface area contributed by atoms with Gasteiger partial charge in [-0.1, -0.05) is 17.7 Å². The number of aryl methyl sites for hydroxylation is 1. The minimum atomic E-state index is -1.24. The van der Waals surface area contributed by atoms with Crippen molar-refractivity contribution in [1.29, 1.82) is 0 Å². The van der Waals surface area contributed by atoms with E-state index in [0.717, 1.165) is 5.56 Å². The lowest BCUT2D eigenvalue weighted by Gasteiger charge is -2.08. The summed E-state index contributed by atoms with van der Waals surface area (Å²) >= 11 is 0. The summed E-state index contributed by atoms with van der Waals surface area (Å²) in [5.74, 6) is 0.0243. The van der Waals surface area contributed by atoms with Crippen LogP contribution in [0.1, 0.15) is 18.9 Å². The largest absolute Gasteiger partial charge is 0.392 e. The molecule has 0 saturated carbocycles. The Hall–Kier alpha value is -1.00. The van der Waals surface area contributed by atoms with Crippen molar-refractivity contribution in [3.8, 4) is 0 Å². The predicted octanol–water partition coefficient (Wildman–Crippen LogP) is 1.44. The maximum atomic E-state index is 11.8. The number of carbonyl (C=O) groups excluding carboxylic acids is 1. The molecule has 88 valence electrons. The molecule has 1 aromatic rings. The van der Waals surface area contributed by atoms with E-state index in [9.17, 15) is 14.1 Å². The first kappa shape index (κ1) is 13.1. The Balaban J connectivity index is 2.58. The average Bonchev–Trinajstić information content (AvgIpc) is 2.16. The molecule has 1 aromatic carbocycles. The third kappa shape index (κ3) is 4.24. The summed E-state index contributed by atoms with van der Waals surface area (Å²) in [6.45, 7) is 3.37. The Bertz CT molecular complexity index is 384. The molecule has 4 heteroatoms. The minimum Gasteiger partial charge on any atom is -0.392 e. The van der Waals surface area contributed by atoms with Crippen molar-refractivity contribution in [2.75, 3.05) is 5.75 Å². The van der Waals surface area contributed by atoms with Crippen molar-refractivity contribution < 1.29 is 14.1 Å². The van der Waals surface area contributed by atoms with Crippen LogP contribution in [0.2, 0.25) is 0 Å². The molecule has 0 bridgehead atoms. The predicted molar refractivity (Wildman–Crippen MR) is 63.8 cm³/mol. The third-order valence-electron chi connectivity index (χ3n) is 2.15. The highest BCUT2D eigenvalue weighted by Gasteiger charge is 2.12. The van der Waals surface area contributed by atoms with E-state index < -0.39 is 16.9 Å². The van der Waals surface area contributed by atoms with Crippen molar-refractivity contribution in [2.45, 2.75) is 31.3 Å². The SMILES string of the molecule is CC(=O)C[C@H](O)C[S@@](=O)c1ccc(C)cc1. The molecule has 0 radical (unpaired) electrons. The second-order valence-electron chi connectivity index (χ2n) is 3.89. The second kappa shape index (κ2) is 5.92. The van der Waals surface area contributed by atoms with Gasteiger partial charge in [-0.2, -0.15) is 0 Å². The molecule has 0 aromatic heterocycles. The molecule has 1 rings (SSSR count). The summed E-state index contributed by atoms with van der Waals surface area (Å²) in [5, 5.41) is 9.49. The Morgan fingerprint density at radius 2 is 1.94 bits per heavy atom. The number of hydrogen-bond donors (Lipinski definition) is 1. The molecule has 1 N–H and O–H groups in total. The first-order chi connectivity index (χ1) is 7.49. The molecule has 0 aliphatic carbocycles. The first-order valence-corrected chi connectivity index (χ1v) is 6.43. The van der Waals surface area contributed by atoms with Crippen LogP contribution in [-0.4, -0.2) is 27.0 Å². The molecule has 3 nitrogen and oxygen atoms in total. The van der Waals surface area contributed by atoms with Crippen LogP contribution in [-0.2, 0) is 15.6 Å². The van der Waals surface area contributed by atoms with Crippen molar-refractivity contribution >= 4 is 16.6 Å². The highest BCUT2D eigenvalue weighted by atomic mass is 32.2. The van der Waals surface area contributed by atoms with Crippen LogP contribution in [0, 0.1) is 6.92 Å². The highest BCUT2D eigenvalue weighted by molar-refractivity contribution is 7.85. The highest BCUT2D eigenvalue weighted by Crippen LogP contribution is 2.10. The smallest absolute Gasteiger partial charge is 0.132 e. The van der Waals surface area contributed by atoms with Crippen molar-refractivity contribution in [3.05, 3.63) is 29.8 Å². The van der Waals surface area contributed by atoms with Crippen LogP contribution >= 0.6 is 0 Å². The van der Waals surface area contributed by atoms with Gasteiger partial charge in [0.05, 0.1) is 22.7 Å². The number of carbonyl (C=O) groups is 1. The molecule has 0 fully saturated rings. The Labute approximate surface area is 98.0 Å². The first-order valence-electron chi connectivity index (χ1n) is 5.11. The Kier molecular flexibility index (Phi) is 4.83. The van der Waals surface area contributed by atoms with Gasteiger partial charge in [-0.05, 0) is 26.0 Å². The fourth-order valence-corrected chi connectivity index (χ4v) is 2.45. The van der Waals surface area contributed by atoms with Gasteiger partial charge in [-0.15, -0.1) is 0 Å². The summed E-state index contributed by atoms with van der Waals surface area (Å²) < 4.78 is 11.8. The molecule has 0 amide bonds. The lowest BCUT2D eigenvalue weighted by molar-refractivity contribution is -0.118. The molecule has 0 heterocycles. The molecule has 0 spiro atoms. The Morgan fingerprint density at radius 3 is 2.44 bits per heavy atom. The molecule has 0 unspecified atom stereocenters. The normalized spacial score (nSPS) is 14.4. The van der Waals surface area contributed by atoms with E-state index in [4.69, 9.17) is 0 Å². The average molecular weight is 240 g/mol. The number of hydrogen-bond acceptors (Lipinski definition) is 3. The van der Waals surface area contributed by atoms with Crippen LogP contribution in [0.15, 0.2) is 29.2 Å².